The Labute approximate surface area is 147 Å². The third-order valence-electron chi connectivity index (χ3n) is 4.47. The molecule has 1 N–H and O–H groups in total. The van der Waals surface area contributed by atoms with Crippen LogP contribution in [0.25, 0.3) is 0 Å². The van der Waals surface area contributed by atoms with Crippen molar-refractivity contribution in [2.45, 2.75) is 24.7 Å². The highest BCUT2D eigenvalue weighted by Crippen LogP contribution is 2.22. The van der Waals surface area contributed by atoms with Gasteiger partial charge in [-0.15, -0.1) is 0 Å². The predicted molar refractivity (Wildman–Crippen MR) is 91.2 cm³/mol. The Kier molecular flexibility index (Phi) is 6.05. The Balaban J connectivity index is 1.99. The number of sulfone groups is 1. The van der Waals surface area contributed by atoms with Crippen molar-refractivity contribution >= 4 is 21.7 Å². The third-order valence-corrected chi connectivity index (χ3v) is 6.39. The number of aliphatic carboxylic acids is 1. The van der Waals surface area contributed by atoms with Gasteiger partial charge >= 0.3 is 5.97 Å². The van der Waals surface area contributed by atoms with E-state index in [1.165, 1.54) is 19.2 Å². The summed E-state index contributed by atoms with van der Waals surface area (Å²) in [6.07, 6.45) is 0.804. The number of rotatable bonds is 6. The Morgan fingerprint density at radius 2 is 1.80 bits per heavy atom. The molecule has 1 aromatic carbocycles. The molecule has 8 heteroatoms. The molecule has 138 valence electrons. The number of amides is 1. The SMILES string of the molecule is COc1ccc(S(=O)(=O)CC(C)C(=O)N2CCC(C(=O)O)CC2)cc1. The highest BCUT2D eigenvalue weighted by atomic mass is 32.2. The molecule has 0 saturated carbocycles. The van der Waals surface area contributed by atoms with Crippen LogP contribution in [0, 0.1) is 11.8 Å². The van der Waals surface area contributed by atoms with Gasteiger partial charge in [0.2, 0.25) is 5.91 Å². The molecule has 1 atom stereocenters. The van der Waals surface area contributed by atoms with Crippen LogP contribution in [0.3, 0.4) is 0 Å². The van der Waals surface area contributed by atoms with Crippen molar-refractivity contribution in [3.8, 4) is 5.75 Å². The van der Waals surface area contributed by atoms with Crippen molar-refractivity contribution in [2.24, 2.45) is 11.8 Å². The highest BCUT2D eigenvalue weighted by molar-refractivity contribution is 7.91. The monoisotopic (exact) mass is 369 g/mol. The van der Waals surface area contributed by atoms with Gasteiger partial charge in [-0.1, -0.05) is 6.92 Å². The minimum absolute atomic E-state index is 0.150. The van der Waals surface area contributed by atoms with Gasteiger partial charge in [0.15, 0.2) is 9.84 Å². The maximum Gasteiger partial charge on any atom is 0.306 e. The predicted octanol–water partition coefficient (Wildman–Crippen LogP) is 1.43. The zero-order valence-electron chi connectivity index (χ0n) is 14.3. The number of carbonyl (C=O) groups is 2. The van der Waals surface area contributed by atoms with Crippen LogP contribution in [0.2, 0.25) is 0 Å². The van der Waals surface area contributed by atoms with E-state index < -0.39 is 27.6 Å². The van der Waals surface area contributed by atoms with Crippen LogP contribution in [0.15, 0.2) is 29.2 Å². The molecule has 1 aliphatic heterocycles. The second-order valence-electron chi connectivity index (χ2n) is 6.30. The topological polar surface area (TPSA) is 101 Å². The lowest BCUT2D eigenvalue weighted by Gasteiger charge is -2.32. The number of nitrogens with zero attached hydrogens (tertiary/aromatic N) is 1. The lowest BCUT2D eigenvalue weighted by Crippen LogP contribution is -2.43. The number of hydrogen-bond donors (Lipinski definition) is 1. The summed E-state index contributed by atoms with van der Waals surface area (Å²) in [4.78, 5) is 25.2. The summed E-state index contributed by atoms with van der Waals surface area (Å²) in [5, 5.41) is 9.00. The van der Waals surface area contributed by atoms with Crippen LogP contribution in [-0.2, 0) is 19.4 Å². The number of ether oxygens (including phenoxy) is 1. The molecule has 0 radical (unpaired) electrons. The maximum absolute atomic E-state index is 12.5. The summed E-state index contributed by atoms with van der Waals surface area (Å²) in [6, 6.07) is 6.06. The largest absolute Gasteiger partial charge is 0.497 e. The Morgan fingerprint density at radius 3 is 2.28 bits per heavy atom. The summed E-state index contributed by atoms with van der Waals surface area (Å²) >= 11 is 0. The molecule has 0 aromatic heterocycles. The summed E-state index contributed by atoms with van der Waals surface area (Å²) in [5.74, 6) is -1.93. The zero-order chi connectivity index (χ0) is 18.6. The van der Waals surface area contributed by atoms with Gasteiger partial charge in [0.1, 0.15) is 5.75 Å². The van der Waals surface area contributed by atoms with E-state index in [0.717, 1.165) is 0 Å². The van der Waals surface area contributed by atoms with E-state index in [-0.39, 0.29) is 16.6 Å². The standard InChI is InChI=1S/C17H23NO6S/c1-12(16(19)18-9-7-13(8-10-18)17(20)21)11-25(22,23)15-5-3-14(24-2)4-6-15/h3-6,12-13H,7-11H2,1-2H3,(H,20,21). The second-order valence-corrected chi connectivity index (χ2v) is 8.33. The number of likely N-dealkylation sites (tertiary alicyclic amines) is 1. The number of piperidine rings is 1. The average molecular weight is 369 g/mol. The Bertz CT molecular complexity index is 720. The van der Waals surface area contributed by atoms with Crippen molar-refractivity contribution < 1.29 is 27.9 Å². The fraction of sp³-hybridized carbons (Fsp3) is 0.529. The van der Waals surface area contributed by atoms with Crippen LogP contribution in [-0.4, -0.2) is 56.3 Å². The van der Waals surface area contributed by atoms with Crippen LogP contribution in [0.1, 0.15) is 19.8 Å². The Hall–Kier alpha value is -2.09. The number of carbonyl (C=O) groups excluding carboxylic acids is 1. The van der Waals surface area contributed by atoms with Crippen LogP contribution in [0.4, 0.5) is 0 Å². The van der Waals surface area contributed by atoms with Gasteiger partial charge in [-0.05, 0) is 37.1 Å². The lowest BCUT2D eigenvalue weighted by atomic mass is 9.96. The fourth-order valence-electron chi connectivity index (χ4n) is 2.94. The van der Waals surface area contributed by atoms with E-state index in [0.29, 0.717) is 31.7 Å². The zero-order valence-corrected chi connectivity index (χ0v) is 15.2. The van der Waals surface area contributed by atoms with Crippen LogP contribution in [0.5, 0.6) is 5.75 Å². The van der Waals surface area contributed by atoms with Gasteiger partial charge in [-0.2, -0.15) is 0 Å². The quantitative estimate of drug-likeness (QED) is 0.814. The summed E-state index contributed by atoms with van der Waals surface area (Å²) in [5.41, 5.74) is 0. The van der Waals surface area contributed by atoms with Gasteiger partial charge in [0, 0.05) is 19.0 Å². The first-order valence-electron chi connectivity index (χ1n) is 8.13. The highest BCUT2D eigenvalue weighted by Gasteiger charge is 2.31. The molecule has 1 heterocycles. The van der Waals surface area contributed by atoms with Gasteiger partial charge in [0.25, 0.3) is 0 Å². The van der Waals surface area contributed by atoms with Crippen molar-refractivity contribution in [2.75, 3.05) is 26.0 Å². The molecule has 0 spiro atoms. The van der Waals surface area contributed by atoms with Crippen molar-refractivity contribution in [3.63, 3.8) is 0 Å². The Morgan fingerprint density at radius 1 is 1.24 bits per heavy atom. The van der Waals surface area contributed by atoms with E-state index in [9.17, 15) is 18.0 Å². The second kappa shape index (κ2) is 7.86. The molecular weight excluding hydrogens is 346 g/mol. The first-order chi connectivity index (χ1) is 11.7. The van der Waals surface area contributed by atoms with E-state index in [4.69, 9.17) is 9.84 Å². The number of hydrogen-bond acceptors (Lipinski definition) is 5. The van der Waals surface area contributed by atoms with Crippen molar-refractivity contribution in [1.29, 1.82) is 0 Å². The average Bonchev–Trinajstić information content (AvgIpc) is 2.60. The summed E-state index contributed by atoms with van der Waals surface area (Å²) < 4.78 is 30.0. The van der Waals surface area contributed by atoms with E-state index >= 15 is 0 Å². The molecule has 1 fully saturated rings. The molecular formula is C17H23NO6S. The van der Waals surface area contributed by atoms with Crippen LogP contribution >= 0.6 is 0 Å². The van der Waals surface area contributed by atoms with E-state index in [1.54, 1.807) is 24.0 Å². The third kappa shape index (κ3) is 4.72. The molecule has 1 saturated heterocycles. The van der Waals surface area contributed by atoms with Gasteiger partial charge in [0.05, 0.1) is 23.7 Å². The molecule has 0 bridgehead atoms. The van der Waals surface area contributed by atoms with E-state index in [1.807, 2.05) is 0 Å². The minimum Gasteiger partial charge on any atom is -0.497 e. The minimum atomic E-state index is -3.59. The molecule has 1 unspecified atom stereocenters. The van der Waals surface area contributed by atoms with Gasteiger partial charge < -0.3 is 14.7 Å². The number of carboxylic acids is 1. The molecule has 7 nitrogen and oxygen atoms in total. The molecule has 25 heavy (non-hydrogen) atoms. The smallest absolute Gasteiger partial charge is 0.306 e. The van der Waals surface area contributed by atoms with Crippen molar-refractivity contribution in [3.05, 3.63) is 24.3 Å². The molecule has 1 aliphatic rings. The summed E-state index contributed by atoms with van der Waals surface area (Å²) in [6.45, 7) is 2.29. The number of methoxy groups -OCH3 is 1. The number of benzene rings is 1. The summed E-state index contributed by atoms with van der Waals surface area (Å²) in [7, 11) is -2.09. The maximum atomic E-state index is 12.5. The lowest BCUT2D eigenvalue weighted by molar-refractivity contribution is -0.146. The van der Waals surface area contributed by atoms with Gasteiger partial charge in [-0.3, -0.25) is 9.59 Å². The van der Waals surface area contributed by atoms with Crippen molar-refractivity contribution in [1.82, 2.24) is 4.90 Å². The molecule has 1 aromatic rings. The molecule has 2 rings (SSSR count). The number of carboxylic acid groups (broad SMARTS) is 1. The van der Waals surface area contributed by atoms with E-state index in [2.05, 4.69) is 0 Å². The first-order valence-corrected chi connectivity index (χ1v) is 9.78. The normalized spacial score (nSPS) is 17.1. The molecule has 0 aliphatic carbocycles. The van der Waals surface area contributed by atoms with Gasteiger partial charge in [-0.25, -0.2) is 8.42 Å². The first kappa shape index (κ1) is 19.2. The fourth-order valence-corrected chi connectivity index (χ4v) is 4.48. The molecule has 1 amide bonds. The van der Waals surface area contributed by atoms with Crippen LogP contribution < -0.4 is 4.74 Å².